The number of ketones is 1. The molecule has 0 unspecified atom stereocenters. The average Bonchev–Trinajstić information content (AvgIpc) is 2.89. The van der Waals surface area contributed by atoms with E-state index in [9.17, 15) is 9.90 Å². The fraction of sp³-hybridized carbons (Fsp3) is 0.188. The van der Waals surface area contributed by atoms with Gasteiger partial charge in [0.25, 0.3) is 0 Å². The van der Waals surface area contributed by atoms with Crippen LogP contribution < -0.4 is 4.74 Å². The third kappa shape index (κ3) is 2.34. The molecule has 0 atom stereocenters. The van der Waals surface area contributed by atoms with Gasteiger partial charge in [-0.05, 0) is 54.8 Å². The number of thiophene rings is 1. The Hall–Kier alpha value is -2.07. The molecule has 0 fully saturated rings. The predicted octanol–water partition coefficient (Wildman–Crippen LogP) is 3.67. The van der Waals surface area contributed by atoms with Gasteiger partial charge in [-0.25, -0.2) is 0 Å². The first-order valence-electron chi connectivity index (χ1n) is 6.38. The molecule has 0 saturated heterocycles. The largest absolute Gasteiger partial charge is 0.508 e. The van der Waals surface area contributed by atoms with Crippen molar-refractivity contribution in [2.45, 2.75) is 12.8 Å². The van der Waals surface area contributed by atoms with E-state index >= 15 is 0 Å². The summed E-state index contributed by atoms with van der Waals surface area (Å²) in [5.74, 6) is 0.269. The first-order chi connectivity index (χ1) is 9.67. The molecule has 2 aromatic rings. The predicted molar refractivity (Wildman–Crippen MR) is 79.6 cm³/mol. The van der Waals surface area contributed by atoms with Crippen LogP contribution in [0, 0.1) is 0 Å². The van der Waals surface area contributed by atoms with Gasteiger partial charge in [0.15, 0.2) is 10.8 Å². The number of rotatable bonds is 2. The summed E-state index contributed by atoms with van der Waals surface area (Å²) < 4.78 is 5.16. The average molecular weight is 286 g/mol. The Balaban J connectivity index is 1.93. The van der Waals surface area contributed by atoms with Crippen LogP contribution >= 0.6 is 11.3 Å². The standard InChI is InChI=1S/C16H14O3S/c1-19-15-7-5-13(20-15)9-11-3-2-10-8-12(17)4-6-14(10)16(11)18/h4-9,17H,2-3H2,1H3. The molecular weight excluding hydrogens is 272 g/mol. The van der Waals surface area contributed by atoms with Crippen LogP contribution in [0.5, 0.6) is 10.8 Å². The monoisotopic (exact) mass is 286 g/mol. The zero-order chi connectivity index (χ0) is 14.1. The molecule has 102 valence electrons. The lowest BCUT2D eigenvalue weighted by Gasteiger charge is -2.17. The lowest BCUT2D eigenvalue weighted by atomic mass is 9.86. The van der Waals surface area contributed by atoms with Crippen LogP contribution in [0.2, 0.25) is 0 Å². The Kier molecular flexibility index (Phi) is 3.32. The third-order valence-electron chi connectivity index (χ3n) is 3.41. The molecule has 3 nitrogen and oxygen atoms in total. The smallest absolute Gasteiger partial charge is 0.189 e. The molecule has 0 amide bonds. The maximum Gasteiger partial charge on any atom is 0.189 e. The number of allylic oxidation sites excluding steroid dienone is 1. The Bertz CT molecular complexity index is 697. The number of aromatic hydroxyl groups is 1. The Morgan fingerprint density at radius 1 is 1.25 bits per heavy atom. The first-order valence-corrected chi connectivity index (χ1v) is 7.20. The summed E-state index contributed by atoms with van der Waals surface area (Å²) in [6.07, 6.45) is 3.42. The molecule has 0 bridgehead atoms. The lowest BCUT2D eigenvalue weighted by Crippen LogP contribution is -2.13. The topological polar surface area (TPSA) is 46.5 Å². The van der Waals surface area contributed by atoms with E-state index in [0.29, 0.717) is 12.0 Å². The van der Waals surface area contributed by atoms with E-state index < -0.39 is 0 Å². The number of carbonyl (C=O) groups is 1. The third-order valence-corrected chi connectivity index (χ3v) is 4.40. The summed E-state index contributed by atoms with van der Waals surface area (Å²) in [6, 6.07) is 8.80. The summed E-state index contributed by atoms with van der Waals surface area (Å²) in [7, 11) is 1.64. The number of ether oxygens (including phenoxy) is 1. The molecule has 0 aliphatic heterocycles. The summed E-state index contributed by atoms with van der Waals surface area (Å²) in [4.78, 5) is 13.5. The van der Waals surface area contributed by atoms with Gasteiger partial charge in [0.2, 0.25) is 0 Å². The number of Topliss-reactive ketones (excluding diaryl/α,β-unsaturated/α-hetero) is 1. The number of phenolic OH excluding ortho intramolecular Hbond substituents is 1. The minimum Gasteiger partial charge on any atom is -0.508 e. The van der Waals surface area contributed by atoms with Crippen molar-refractivity contribution < 1.29 is 14.6 Å². The first kappa shape index (κ1) is 12.9. The molecule has 20 heavy (non-hydrogen) atoms. The van der Waals surface area contributed by atoms with Gasteiger partial charge in [-0.3, -0.25) is 4.79 Å². The minimum absolute atomic E-state index is 0.0543. The van der Waals surface area contributed by atoms with Gasteiger partial charge >= 0.3 is 0 Å². The van der Waals surface area contributed by atoms with E-state index in [0.717, 1.165) is 27.5 Å². The van der Waals surface area contributed by atoms with Crippen LogP contribution in [0.4, 0.5) is 0 Å². The van der Waals surface area contributed by atoms with E-state index in [1.54, 1.807) is 25.3 Å². The van der Waals surface area contributed by atoms with Gasteiger partial charge in [0.05, 0.1) is 7.11 Å². The Morgan fingerprint density at radius 2 is 2.10 bits per heavy atom. The van der Waals surface area contributed by atoms with Crippen LogP contribution in [0.25, 0.3) is 6.08 Å². The van der Waals surface area contributed by atoms with Gasteiger partial charge in [0.1, 0.15) is 5.75 Å². The molecule has 1 aromatic heterocycles. The summed E-state index contributed by atoms with van der Waals surface area (Å²) in [5, 5.41) is 10.3. The molecule has 1 aliphatic carbocycles. The van der Waals surface area contributed by atoms with E-state index in [1.165, 1.54) is 11.3 Å². The van der Waals surface area contributed by atoms with Crippen molar-refractivity contribution in [1.29, 1.82) is 0 Å². The molecule has 1 aromatic carbocycles. The summed E-state index contributed by atoms with van der Waals surface area (Å²) >= 11 is 1.52. The van der Waals surface area contributed by atoms with Crippen molar-refractivity contribution in [1.82, 2.24) is 0 Å². The van der Waals surface area contributed by atoms with Crippen molar-refractivity contribution in [3.05, 3.63) is 51.9 Å². The number of benzene rings is 1. The number of carbonyl (C=O) groups excluding carboxylic acids is 1. The van der Waals surface area contributed by atoms with Crippen LogP contribution in [0.1, 0.15) is 27.2 Å². The second kappa shape index (κ2) is 5.13. The van der Waals surface area contributed by atoms with Crippen molar-refractivity contribution in [2.24, 2.45) is 0 Å². The summed E-state index contributed by atoms with van der Waals surface area (Å²) in [6.45, 7) is 0. The van der Waals surface area contributed by atoms with Crippen molar-refractivity contribution in [3.8, 4) is 10.8 Å². The second-order valence-corrected chi connectivity index (χ2v) is 5.78. The van der Waals surface area contributed by atoms with Gasteiger partial charge in [0, 0.05) is 16.0 Å². The summed E-state index contributed by atoms with van der Waals surface area (Å²) in [5.41, 5.74) is 2.44. The zero-order valence-electron chi connectivity index (χ0n) is 11.1. The number of hydrogen-bond donors (Lipinski definition) is 1. The van der Waals surface area contributed by atoms with Gasteiger partial charge < -0.3 is 9.84 Å². The van der Waals surface area contributed by atoms with Crippen LogP contribution in [-0.2, 0) is 6.42 Å². The number of hydrogen-bond acceptors (Lipinski definition) is 4. The second-order valence-electron chi connectivity index (χ2n) is 4.70. The highest BCUT2D eigenvalue weighted by atomic mass is 32.1. The van der Waals surface area contributed by atoms with Gasteiger partial charge in [-0.15, -0.1) is 0 Å². The number of phenols is 1. The normalized spacial score (nSPS) is 16.2. The highest BCUT2D eigenvalue weighted by Gasteiger charge is 2.22. The highest BCUT2D eigenvalue weighted by molar-refractivity contribution is 7.14. The zero-order valence-corrected chi connectivity index (χ0v) is 11.9. The SMILES string of the molecule is COc1ccc(C=C2CCc3cc(O)ccc3C2=O)s1. The molecule has 1 N–H and O–H groups in total. The Labute approximate surface area is 121 Å². The maximum atomic E-state index is 12.4. The van der Waals surface area contributed by atoms with E-state index in [-0.39, 0.29) is 11.5 Å². The van der Waals surface area contributed by atoms with E-state index in [4.69, 9.17) is 4.74 Å². The fourth-order valence-electron chi connectivity index (χ4n) is 2.40. The highest BCUT2D eigenvalue weighted by Crippen LogP contribution is 2.31. The van der Waals surface area contributed by atoms with E-state index in [2.05, 4.69) is 0 Å². The molecule has 0 saturated carbocycles. The fourth-order valence-corrected chi connectivity index (χ4v) is 3.18. The molecule has 0 radical (unpaired) electrons. The minimum atomic E-state index is 0.0543. The van der Waals surface area contributed by atoms with Crippen LogP contribution in [0.3, 0.4) is 0 Å². The maximum absolute atomic E-state index is 12.4. The molecule has 4 heteroatoms. The quantitative estimate of drug-likeness (QED) is 0.857. The molecule has 3 rings (SSSR count). The van der Waals surface area contributed by atoms with Crippen LogP contribution in [-0.4, -0.2) is 18.0 Å². The lowest BCUT2D eigenvalue weighted by molar-refractivity contribution is 0.102. The molecular formula is C16H14O3S. The van der Waals surface area contributed by atoms with Crippen molar-refractivity contribution >= 4 is 23.2 Å². The molecule has 0 spiro atoms. The number of fused-ring (bicyclic) bond motifs is 1. The van der Waals surface area contributed by atoms with Gasteiger partial charge in [-0.2, -0.15) is 0 Å². The molecule has 1 heterocycles. The number of methoxy groups -OCH3 is 1. The van der Waals surface area contributed by atoms with E-state index in [1.807, 2.05) is 18.2 Å². The molecule has 1 aliphatic rings. The van der Waals surface area contributed by atoms with Crippen molar-refractivity contribution in [2.75, 3.05) is 7.11 Å². The van der Waals surface area contributed by atoms with Crippen LogP contribution in [0.15, 0.2) is 35.9 Å². The number of aryl methyl sites for hydroxylation is 1. The van der Waals surface area contributed by atoms with Gasteiger partial charge in [-0.1, -0.05) is 11.3 Å². The Morgan fingerprint density at radius 3 is 2.85 bits per heavy atom. The van der Waals surface area contributed by atoms with Crippen molar-refractivity contribution in [3.63, 3.8) is 0 Å².